The van der Waals surface area contributed by atoms with Gasteiger partial charge in [0.05, 0.1) is 0 Å². The quantitative estimate of drug-likeness (QED) is 0.849. The van der Waals surface area contributed by atoms with Crippen LogP contribution in [-0.4, -0.2) is 35.0 Å². The molecule has 1 aliphatic heterocycles. The van der Waals surface area contributed by atoms with Gasteiger partial charge in [-0.05, 0) is 37.1 Å². The Hall–Kier alpha value is -1.95. The second-order valence-electron chi connectivity index (χ2n) is 5.16. The molecule has 1 aromatic carbocycles. The summed E-state index contributed by atoms with van der Waals surface area (Å²) >= 11 is 0. The lowest BCUT2D eigenvalue weighted by molar-refractivity contribution is -0.138. The highest BCUT2D eigenvalue weighted by Crippen LogP contribution is 2.22. The van der Waals surface area contributed by atoms with Crippen LogP contribution in [0, 0.1) is 11.7 Å². The summed E-state index contributed by atoms with van der Waals surface area (Å²) in [6.07, 6.45) is 0.934. The summed E-state index contributed by atoms with van der Waals surface area (Å²) in [4.78, 5) is 23.8. The van der Waals surface area contributed by atoms with Crippen molar-refractivity contribution >= 4 is 11.9 Å². The van der Waals surface area contributed by atoms with Gasteiger partial charge in [-0.1, -0.05) is 0 Å². The normalized spacial score (nSPS) is 19.1. The highest BCUT2D eigenvalue weighted by atomic mass is 19.1. The van der Waals surface area contributed by atoms with Gasteiger partial charge < -0.3 is 10.8 Å². The number of nitrogens with two attached hydrogens (primary N) is 1. The first-order chi connectivity index (χ1) is 9.45. The number of hydrogen-bond donors (Lipinski definition) is 2. The average Bonchev–Trinajstić information content (AvgIpc) is 2.78. The zero-order valence-corrected chi connectivity index (χ0v) is 11.0. The summed E-state index contributed by atoms with van der Waals surface area (Å²) in [5, 5.41) is 8.76. The molecular formula is C14H17FN2O3. The van der Waals surface area contributed by atoms with E-state index in [0.717, 1.165) is 13.0 Å². The van der Waals surface area contributed by atoms with E-state index in [4.69, 9.17) is 10.8 Å². The number of amides is 1. The maximum absolute atomic E-state index is 13.7. The number of carboxylic acids is 1. The monoisotopic (exact) mass is 280 g/mol. The number of carbonyl (C=O) groups is 2. The molecule has 0 spiro atoms. The summed E-state index contributed by atoms with van der Waals surface area (Å²) < 4.78 is 13.7. The molecule has 2 rings (SSSR count). The lowest BCUT2D eigenvalue weighted by atomic mass is 10.1. The number of nitrogens with zero attached hydrogens (tertiary/aromatic N) is 1. The number of likely N-dealkylation sites (tertiary alicyclic amines) is 1. The number of halogens is 1. The summed E-state index contributed by atoms with van der Waals surface area (Å²) in [5.74, 6) is -1.67. The molecule has 1 saturated heterocycles. The second-order valence-corrected chi connectivity index (χ2v) is 5.16. The second kappa shape index (κ2) is 6.00. The van der Waals surface area contributed by atoms with Crippen LogP contribution in [0.3, 0.4) is 0 Å². The highest BCUT2D eigenvalue weighted by molar-refractivity contribution is 5.92. The Morgan fingerprint density at radius 2 is 2.20 bits per heavy atom. The van der Waals surface area contributed by atoms with E-state index in [1.165, 1.54) is 18.2 Å². The van der Waals surface area contributed by atoms with E-state index in [1.807, 2.05) is 4.90 Å². The van der Waals surface area contributed by atoms with Gasteiger partial charge in [-0.2, -0.15) is 0 Å². The lowest BCUT2D eigenvalue weighted by Gasteiger charge is -2.16. The van der Waals surface area contributed by atoms with Gasteiger partial charge in [-0.15, -0.1) is 0 Å². The molecule has 0 saturated carbocycles. The molecule has 0 aromatic heterocycles. The number of carbonyl (C=O) groups excluding carboxylic acids is 1. The van der Waals surface area contributed by atoms with Gasteiger partial charge in [0.2, 0.25) is 5.91 Å². The number of rotatable bonds is 5. The summed E-state index contributed by atoms with van der Waals surface area (Å²) in [6, 6.07) is 4.06. The minimum absolute atomic E-state index is 0.106. The largest absolute Gasteiger partial charge is 0.481 e. The van der Waals surface area contributed by atoms with Gasteiger partial charge in [-0.3, -0.25) is 14.5 Å². The van der Waals surface area contributed by atoms with E-state index >= 15 is 0 Å². The van der Waals surface area contributed by atoms with Crippen LogP contribution in [0.1, 0.15) is 28.8 Å². The molecule has 1 aromatic rings. The Bertz CT molecular complexity index is 533. The molecule has 3 N–H and O–H groups in total. The molecular weight excluding hydrogens is 263 g/mol. The molecule has 108 valence electrons. The van der Waals surface area contributed by atoms with Crippen LogP contribution in [0.15, 0.2) is 18.2 Å². The van der Waals surface area contributed by atoms with Crippen LogP contribution >= 0.6 is 0 Å². The Morgan fingerprint density at radius 3 is 2.85 bits per heavy atom. The van der Waals surface area contributed by atoms with Crippen molar-refractivity contribution < 1.29 is 19.1 Å². The lowest BCUT2D eigenvalue weighted by Crippen LogP contribution is -2.22. The van der Waals surface area contributed by atoms with E-state index in [9.17, 15) is 14.0 Å². The van der Waals surface area contributed by atoms with Gasteiger partial charge in [0.15, 0.2) is 0 Å². The molecule has 20 heavy (non-hydrogen) atoms. The Morgan fingerprint density at radius 1 is 1.45 bits per heavy atom. The predicted molar refractivity (Wildman–Crippen MR) is 70.6 cm³/mol. The van der Waals surface area contributed by atoms with E-state index < -0.39 is 11.9 Å². The van der Waals surface area contributed by atoms with Crippen molar-refractivity contribution in [3.63, 3.8) is 0 Å². The molecule has 1 aliphatic rings. The molecule has 1 amide bonds. The molecule has 5 nitrogen and oxygen atoms in total. The SMILES string of the molecule is NC(=O)c1ccc(F)c(CN2CCC(CC(=O)O)C2)c1. The molecule has 0 aliphatic carbocycles. The molecule has 1 unspecified atom stereocenters. The third kappa shape index (κ3) is 3.54. The van der Waals surface area contributed by atoms with E-state index in [-0.39, 0.29) is 23.7 Å². The topological polar surface area (TPSA) is 83.6 Å². The fourth-order valence-corrected chi connectivity index (χ4v) is 2.56. The van der Waals surface area contributed by atoms with Crippen LogP contribution < -0.4 is 5.73 Å². The molecule has 6 heteroatoms. The third-order valence-corrected chi connectivity index (χ3v) is 3.56. The predicted octanol–water partition coefficient (Wildman–Crippen LogP) is 1.22. The number of primary amides is 1. The van der Waals surface area contributed by atoms with Crippen LogP contribution in [0.25, 0.3) is 0 Å². The zero-order chi connectivity index (χ0) is 14.7. The van der Waals surface area contributed by atoms with Crippen LogP contribution in [0.4, 0.5) is 4.39 Å². The van der Waals surface area contributed by atoms with Crippen LogP contribution in [0.5, 0.6) is 0 Å². The Labute approximate surface area is 116 Å². The maximum atomic E-state index is 13.7. The van der Waals surface area contributed by atoms with Gasteiger partial charge in [0.1, 0.15) is 5.82 Å². The first kappa shape index (κ1) is 14.5. The average molecular weight is 280 g/mol. The van der Waals surface area contributed by atoms with Crippen molar-refractivity contribution in [2.24, 2.45) is 11.7 Å². The summed E-state index contributed by atoms with van der Waals surface area (Å²) in [7, 11) is 0. The van der Waals surface area contributed by atoms with Crippen molar-refractivity contribution in [2.45, 2.75) is 19.4 Å². The fraction of sp³-hybridized carbons (Fsp3) is 0.429. The highest BCUT2D eigenvalue weighted by Gasteiger charge is 2.25. The standard InChI is InChI=1S/C14H17FN2O3/c15-12-2-1-10(14(16)20)6-11(12)8-17-4-3-9(7-17)5-13(18)19/h1-2,6,9H,3-5,7-8H2,(H2,16,20)(H,18,19). The number of hydrogen-bond acceptors (Lipinski definition) is 3. The first-order valence-electron chi connectivity index (χ1n) is 6.48. The first-order valence-corrected chi connectivity index (χ1v) is 6.48. The summed E-state index contributed by atoms with van der Waals surface area (Å²) in [6.45, 7) is 1.73. The Kier molecular flexibility index (Phi) is 4.34. The maximum Gasteiger partial charge on any atom is 0.303 e. The van der Waals surface area contributed by atoms with Crippen LogP contribution in [-0.2, 0) is 11.3 Å². The van der Waals surface area contributed by atoms with Crippen molar-refractivity contribution in [1.82, 2.24) is 4.90 Å². The molecule has 1 fully saturated rings. The molecule has 0 radical (unpaired) electrons. The van der Waals surface area contributed by atoms with Gasteiger partial charge in [-0.25, -0.2) is 4.39 Å². The van der Waals surface area contributed by atoms with Crippen LogP contribution in [0.2, 0.25) is 0 Å². The fourth-order valence-electron chi connectivity index (χ4n) is 2.56. The molecule has 0 bridgehead atoms. The minimum Gasteiger partial charge on any atom is -0.481 e. The molecule has 1 atom stereocenters. The van der Waals surface area contributed by atoms with Crippen molar-refractivity contribution in [1.29, 1.82) is 0 Å². The Balaban J connectivity index is 2.02. The van der Waals surface area contributed by atoms with Gasteiger partial charge in [0.25, 0.3) is 0 Å². The van der Waals surface area contributed by atoms with Crippen molar-refractivity contribution in [2.75, 3.05) is 13.1 Å². The van der Waals surface area contributed by atoms with E-state index in [0.29, 0.717) is 18.7 Å². The van der Waals surface area contributed by atoms with Crippen molar-refractivity contribution in [3.8, 4) is 0 Å². The smallest absolute Gasteiger partial charge is 0.303 e. The third-order valence-electron chi connectivity index (χ3n) is 3.56. The minimum atomic E-state index is -0.807. The molecule has 1 heterocycles. The van der Waals surface area contributed by atoms with Crippen molar-refractivity contribution in [3.05, 3.63) is 35.1 Å². The van der Waals surface area contributed by atoms with Gasteiger partial charge in [0, 0.05) is 30.6 Å². The van der Waals surface area contributed by atoms with E-state index in [2.05, 4.69) is 0 Å². The number of benzene rings is 1. The summed E-state index contributed by atoms with van der Waals surface area (Å²) in [5.41, 5.74) is 5.87. The number of carboxylic acid groups (broad SMARTS) is 1. The van der Waals surface area contributed by atoms with Gasteiger partial charge >= 0.3 is 5.97 Å². The zero-order valence-electron chi connectivity index (χ0n) is 11.0. The number of aliphatic carboxylic acids is 1. The van der Waals surface area contributed by atoms with E-state index in [1.54, 1.807) is 0 Å².